The van der Waals surface area contributed by atoms with Crippen molar-refractivity contribution in [3.8, 4) is 0 Å². The van der Waals surface area contributed by atoms with E-state index in [4.69, 9.17) is 35.4 Å². The summed E-state index contributed by atoms with van der Waals surface area (Å²) in [6.45, 7) is 4.65. The highest BCUT2D eigenvalue weighted by atomic mass is 35.5. The van der Waals surface area contributed by atoms with Gasteiger partial charge in [0.2, 0.25) is 0 Å². The Morgan fingerprint density at radius 2 is 2.06 bits per heavy atom. The molecule has 2 nitrogen and oxygen atoms in total. The molecular formula is C11H14Cl2N2S. The molecule has 0 spiro atoms. The lowest BCUT2D eigenvalue weighted by Crippen LogP contribution is -2.38. The summed E-state index contributed by atoms with van der Waals surface area (Å²) in [5.41, 5.74) is 0.971. The standard InChI is InChI=1S/C11H14Cl2N2S/c1-7(2)15-11(16)14-6-8-3-4-9(12)5-10(8)13/h3-5,7H,6H2,1-2H3,(H2,14,15,16). The first-order valence-electron chi connectivity index (χ1n) is 4.97. The van der Waals surface area contributed by atoms with E-state index in [1.165, 1.54) is 0 Å². The summed E-state index contributed by atoms with van der Waals surface area (Å²) >= 11 is 16.9. The third-order valence-electron chi connectivity index (χ3n) is 1.87. The van der Waals surface area contributed by atoms with E-state index in [1.807, 2.05) is 26.0 Å². The topological polar surface area (TPSA) is 24.1 Å². The number of hydrogen-bond acceptors (Lipinski definition) is 1. The molecule has 1 aromatic rings. The quantitative estimate of drug-likeness (QED) is 0.828. The largest absolute Gasteiger partial charge is 0.361 e. The maximum atomic E-state index is 6.03. The van der Waals surface area contributed by atoms with Crippen LogP contribution in [0.3, 0.4) is 0 Å². The smallest absolute Gasteiger partial charge is 0.166 e. The predicted octanol–water partition coefficient (Wildman–Crippen LogP) is 3.37. The Kier molecular flexibility index (Phi) is 5.32. The Hall–Kier alpha value is -0.510. The summed E-state index contributed by atoms with van der Waals surface area (Å²) in [6.07, 6.45) is 0. The number of benzene rings is 1. The van der Waals surface area contributed by atoms with Gasteiger partial charge < -0.3 is 10.6 Å². The predicted molar refractivity (Wildman–Crippen MR) is 74.2 cm³/mol. The van der Waals surface area contributed by atoms with E-state index >= 15 is 0 Å². The zero-order valence-electron chi connectivity index (χ0n) is 9.18. The van der Waals surface area contributed by atoms with Crippen molar-refractivity contribution in [1.29, 1.82) is 0 Å². The molecule has 0 unspecified atom stereocenters. The summed E-state index contributed by atoms with van der Waals surface area (Å²) in [7, 11) is 0. The van der Waals surface area contributed by atoms with Crippen LogP contribution in [-0.4, -0.2) is 11.2 Å². The highest BCUT2D eigenvalue weighted by molar-refractivity contribution is 7.80. The second-order valence-corrected chi connectivity index (χ2v) is 4.97. The minimum absolute atomic E-state index is 0.320. The average Bonchev–Trinajstić information content (AvgIpc) is 2.15. The molecule has 0 aliphatic heterocycles. The van der Waals surface area contributed by atoms with Gasteiger partial charge in [-0.05, 0) is 43.8 Å². The molecule has 0 radical (unpaired) electrons. The fraction of sp³-hybridized carbons (Fsp3) is 0.364. The molecule has 88 valence electrons. The molecule has 0 fully saturated rings. The fourth-order valence-corrected chi connectivity index (χ4v) is 1.94. The van der Waals surface area contributed by atoms with Crippen molar-refractivity contribution in [2.75, 3.05) is 0 Å². The van der Waals surface area contributed by atoms with E-state index in [1.54, 1.807) is 6.07 Å². The van der Waals surface area contributed by atoms with Crippen LogP contribution in [0.2, 0.25) is 10.0 Å². The molecular weight excluding hydrogens is 263 g/mol. The lowest BCUT2D eigenvalue weighted by molar-refractivity contribution is 0.712. The maximum Gasteiger partial charge on any atom is 0.166 e. The minimum Gasteiger partial charge on any atom is -0.361 e. The lowest BCUT2D eigenvalue weighted by atomic mass is 10.2. The molecule has 1 rings (SSSR count). The Balaban J connectivity index is 2.51. The van der Waals surface area contributed by atoms with Crippen LogP contribution in [-0.2, 0) is 6.54 Å². The van der Waals surface area contributed by atoms with Gasteiger partial charge in [-0.2, -0.15) is 0 Å². The van der Waals surface area contributed by atoms with Gasteiger partial charge in [-0.15, -0.1) is 0 Å². The summed E-state index contributed by atoms with van der Waals surface area (Å²) in [4.78, 5) is 0. The van der Waals surface area contributed by atoms with Gasteiger partial charge in [0, 0.05) is 22.6 Å². The van der Waals surface area contributed by atoms with Gasteiger partial charge in [0.05, 0.1) is 0 Å². The lowest BCUT2D eigenvalue weighted by Gasteiger charge is -2.13. The fourth-order valence-electron chi connectivity index (χ4n) is 1.15. The van der Waals surface area contributed by atoms with E-state index in [2.05, 4.69) is 10.6 Å². The van der Waals surface area contributed by atoms with Gasteiger partial charge in [0.1, 0.15) is 0 Å². The van der Waals surface area contributed by atoms with Crippen LogP contribution in [0.25, 0.3) is 0 Å². The number of rotatable bonds is 3. The maximum absolute atomic E-state index is 6.03. The SMILES string of the molecule is CC(C)NC(=S)NCc1ccc(Cl)cc1Cl. The molecule has 0 aromatic heterocycles. The van der Waals surface area contributed by atoms with Gasteiger partial charge in [-0.3, -0.25) is 0 Å². The van der Waals surface area contributed by atoms with Crippen LogP contribution in [0.4, 0.5) is 0 Å². The Labute approximate surface area is 111 Å². The summed E-state index contributed by atoms with van der Waals surface area (Å²) in [5.74, 6) is 0. The van der Waals surface area contributed by atoms with Crippen molar-refractivity contribution in [2.45, 2.75) is 26.4 Å². The zero-order valence-corrected chi connectivity index (χ0v) is 11.5. The van der Waals surface area contributed by atoms with Gasteiger partial charge in [-0.25, -0.2) is 0 Å². The minimum atomic E-state index is 0.320. The van der Waals surface area contributed by atoms with Crippen LogP contribution >= 0.6 is 35.4 Å². The second kappa shape index (κ2) is 6.28. The van der Waals surface area contributed by atoms with Crippen LogP contribution in [0, 0.1) is 0 Å². The second-order valence-electron chi connectivity index (χ2n) is 3.72. The summed E-state index contributed by atoms with van der Waals surface area (Å²) in [5, 5.41) is 8.09. The number of halogens is 2. The number of thiocarbonyl (C=S) groups is 1. The molecule has 5 heteroatoms. The first-order chi connectivity index (χ1) is 7.49. The number of hydrogen-bond donors (Lipinski definition) is 2. The molecule has 0 saturated heterocycles. The molecule has 2 N–H and O–H groups in total. The third kappa shape index (κ3) is 4.56. The molecule has 0 amide bonds. The Morgan fingerprint density at radius 1 is 1.38 bits per heavy atom. The van der Waals surface area contributed by atoms with E-state index < -0.39 is 0 Å². The third-order valence-corrected chi connectivity index (χ3v) is 2.72. The van der Waals surface area contributed by atoms with Crippen molar-refractivity contribution in [2.24, 2.45) is 0 Å². The molecule has 0 atom stereocenters. The van der Waals surface area contributed by atoms with Crippen molar-refractivity contribution < 1.29 is 0 Å². The molecule has 0 aliphatic carbocycles. The van der Waals surface area contributed by atoms with Gasteiger partial charge in [-0.1, -0.05) is 29.3 Å². The molecule has 0 saturated carbocycles. The molecule has 1 aromatic carbocycles. The van der Waals surface area contributed by atoms with Crippen LogP contribution in [0.5, 0.6) is 0 Å². The Morgan fingerprint density at radius 3 is 2.62 bits per heavy atom. The van der Waals surface area contributed by atoms with Crippen LogP contribution in [0.1, 0.15) is 19.4 Å². The van der Waals surface area contributed by atoms with Crippen molar-refractivity contribution >= 4 is 40.5 Å². The van der Waals surface area contributed by atoms with E-state index in [0.717, 1.165) is 5.56 Å². The molecule has 16 heavy (non-hydrogen) atoms. The van der Waals surface area contributed by atoms with Crippen molar-refractivity contribution in [1.82, 2.24) is 10.6 Å². The summed E-state index contributed by atoms with van der Waals surface area (Å²) in [6, 6.07) is 5.73. The van der Waals surface area contributed by atoms with Crippen LogP contribution in [0.15, 0.2) is 18.2 Å². The van der Waals surface area contributed by atoms with E-state index in [-0.39, 0.29) is 0 Å². The van der Waals surface area contributed by atoms with E-state index in [0.29, 0.717) is 27.7 Å². The molecule has 0 aliphatic rings. The monoisotopic (exact) mass is 276 g/mol. The van der Waals surface area contributed by atoms with Crippen molar-refractivity contribution in [3.05, 3.63) is 33.8 Å². The van der Waals surface area contributed by atoms with Gasteiger partial charge in [0.25, 0.3) is 0 Å². The molecule has 0 bridgehead atoms. The zero-order chi connectivity index (χ0) is 12.1. The van der Waals surface area contributed by atoms with E-state index in [9.17, 15) is 0 Å². The molecule has 0 heterocycles. The van der Waals surface area contributed by atoms with Crippen molar-refractivity contribution in [3.63, 3.8) is 0 Å². The first-order valence-corrected chi connectivity index (χ1v) is 6.13. The van der Waals surface area contributed by atoms with Gasteiger partial charge in [0.15, 0.2) is 5.11 Å². The Bertz CT molecular complexity index is 380. The summed E-state index contributed by atoms with van der Waals surface area (Å²) < 4.78 is 0. The highest BCUT2D eigenvalue weighted by Crippen LogP contribution is 2.20. The van der Waals surface area contributed by atoms with Gasteiger partial charge >= 0.3 is 0 Å². The number of nitrogens with one attached hydrogen (secondary N) is 2. The first kappa shape index (κ1) is 13.6. The highest BCUT2D eigenvalue weighted by Gasteiger charge is 2.02. The normalized spacial score (nSPS) is 10.3. The average molecular weight is 277 g/mol. The van der Waals surface area contributed by atoms with Crippen LogP contribution < -0.4 is 10.6 Å².